The summed E-state index contributed by atoms with van der Waals surface area (Å²) in [6, 6.07) is 6.50. The molecule has 0 fully saturated rings. The summed E-state index contributed by atoms with van der Waals surface area (Å²) in [6.45, 7) is 0.586. The first-order valence-corrected chi connectivity index (χ1v) is 9.18. The largest absolute Gasteiger partial charge is 0.369 e. The van der Waals surface area contributed by atoms with Gasteiger partial charge in [0.05, 0.1) is 4.91 Å². The van der Waals surface area contributed by atoms with Crippen molar-refractivity contribution in [2.75, 3.05) is 6.54 Å². The fraction of sp³-hybridized carbons (Fsp3) is 0.211. The Balaban J connectivity index is 1.34. The topological polar surface area (TPSA) is 65.8 Å². The highest BCUT2D eigenvalue weighted by molar-refractivity contribution is 8.18. The first-order chi connectivity index (χ1) is 12.7. The number of benzene rings is 1. The Morgan fingerprint density at radius 1 is 1.38 bits per heavy atom. The predicted molar refractivity (Wildman–Crippen MR) is 102 cm³/mol. The van der Waals surface area contributed by atoms with Gasteiger partial charge in [0.15, 0.2) is 5.17 Å². The molecule has 0 saturated heterocycles. The molecule has 5 nitrogen and oxygen atoms in total. The zero-order chi connectivity index (χ0) is 17.9. The van der Waals surface area contributed by atoms with Crippen molar-refractivity contribution in [2.24, 2.45) is 15.9 Å². The number of nitrogens with one attached hydrogen (secondary N) is 2. The average molecular weight is 368 g/mol. The molecule has 2 atom stereocenters. The molecule has 0 aliphatic carbocycles. The molecule has 0 saturated carbocycles. The molecular formula is C19H17FN4OS. The molecule has 0 bridgehead atoms. The van der Waals surface area contributed by atoms with Crippen molar-refractivity contribution in [3.05, 3.63) is 70.6 Å². The second-order valence-corrected chi connectivity index (χ2v) is 7.13. The smallest absolute Gasteiger partial charge is 0.286 e. The van der Waals surface area contributed by atoms with Crippen molar-refractivity contribution in [1.29, 1.82) is 0 Å². The Hall–Kier alpha value is -2.67. The summed E-state index contributed by atoms with van der Waals surface area (Å²) < 4.78 is 13.2. The molecular weight excluding hydrogens is 351 g/mol. The molecule has 2 N–H and O–H groups in total. The maximum Gasteiger partial charge on any atom is 0.286 e. The third-order valence-electron chi connectivity index (χ3n) is 4.29. The van der Waals surface area contributed by atoms with Crippen LogP contribution in [-0.2, 0) is 11.2 Å². The lowest BCUT2D eigenvalue weighted by Gasteiger charge is -2.16. The molecule has 3 heterocycles. The number of halogens is 1. The molecule has 4 rings (SSSR count). The average Bonchev–Trinajstić information content (AvgIpc) is 3.19. The number of carbonyl (C=O) groups is 1. The normalized spacial score (nSPS) is 25.1. The second kappa shape index (κ2) is 7.29. The Morgan fingerprint density at radius 2 is 2.31 bits per heavy atom. The molecule has 0 aromatic heterocycles. The van der Waals surface area contributed by atoms with Crippen molar-refractivity contribution < 1.29 is 9.18 Å². The molecule has 0 spiro atoms. The molecule has 1 amide bonds. The monoisotopic (exact) mass is 368 g/mol. The molecule has 1 aromatic carbocycles. The van der Waals surface area contributed by atoms with Gasteiger partial charge in [-0.1, -0.05) is 18.2 Å². The molecule has 3 aliphatic heterocycles. The number of aliphatic imine (C=N–C) groups is 2. The summed E-state index contributed by atoms with van der Waals surface area (Å²) in [5.74, 6) is -0.338. The fourth-order valence-electron chi connectivity index (χ4n) is 3.01. The summed E-state index contributed by atoms with van der Waals surface area (Å²) >= 11 is 1.33. The van der Waals surface area contributed by atoms with Gasteiger partial charge in [-0.25, -0.2) is 4.39 Å². The third-order valence-corrected chi connectivity index (χ3v) is 5.24. The SMILES string of the molecule is O=C1N=C(NCCc2cccc(F)c2)S/C1=C\C1=CNC2N=CC=CC12. The number of amides is 1. The van der Waals surface area contributed by atoms with E-state index in [1.807, 2.05) is 24.4 Å². The van der Waals surface area contributed by atoms with Gasteiger partial charge in [-0.15, -0.1) is 0 Å². The lowest BCUT2D eigenvalue weighted by atomic mass is 9.97. The van der Waals surface area contributed by atoms with Crippen LogP contribution in [0.1, 0.15) is 5.56 Å². The molecule has 1 aromatic rings. The maximum absolute atomic E-state index is 13.2. The van der Waals surface area contributed by atoms with Gasteiger partial charge in [-0.05, 0) is 53.6 Å². The van der Waals surface area contributed by atoms with Gasteiger partial charge < -0.3 is 10.6 Å². The van der Waals surface area contributed by atoms with E-state index in [9.17, 15) is 9.18 Å². The number of fused-ring (bicyclic) bond motifs is 1. The zero-order valence-corrected chi connectivity index (χ0v) is 14.7. The van der Waals surface area contributed by atoms with Crippen LogP contribution in [0.2, 0.25) is 0 Å². The fourth-order valence-corrected chi connectivity index (χ4v) is 3.85. The second-order valence-electron chi connectivity index (χ2n) is 6.10. The van der Waals surface area contributed by atoms with Gasteiger partial charge in [0.25, 0.3) is 5.91 Å². The van der Waals surface area contributed by atoms with Crippen LogP contribution in [0.5, 0.6) is 0 Å². The third kappa shape index (κ3) is 3.62. The van der Waals surface area contributed by atoms with Crippen molar-refractivity contribution in [3.8, 4) is 0 Å². The number of carbonyl (C=O) groups excluding carboxylic acids is 1. The van der Waals surface area contributed by atoms with Crippen molar-refractivity contribution in [3.63, 3.8) is 0 Å². The van der Waals surface area contributed by atoms with E-state index in [0.717, 1.165) is 11.1 Å². The van der Waals surface area contributed by atoms with Crippen molar-refractivity contribution in [2.45, 2.75) is 12.6 Å². The number of amidine groups is 1. The lowest BCUT2D eigenvalue weighted by molar-refractivity contribution is -0.113. The number of thioether (sulfide) groups is 1. The lowest BCUT2D eigenvalue weighted by Crippen LogP contribution is -2.25. The first kappa shape index (κ1) is 16.8. The van der Waals surface area contributed by atoms with Gasteiger partial charge in [0, 0.05) is 24.9 Å². The molecule has 132 valence electrons. The minimum absolute atomic E-state index is 0.0122. The van der Waals surface area contributed by atoms with Crippen LogP contribution in [-0.4, -0.2) is 30.0 Å². The Kier molecular flexibility index (Phi) is 4.71. The minimum atomic E-state index is -0.242. The Morgan fingerprint density at radius 3 is 3.19 bits per heavy atom. The van der Waals surface area contributed by atoms with E-state index in [4.69, 9.17) is 0 Å². The van der Waals surface area contributed by atoms with E-state index in [0.29, 0.717) is 23.0 Å². The van der Waals surface area contributed by atoms with Crippen molar-refractivity contribution in [1.82, 2.24) is 10.6 Å². The molecule has 26 heavy (non-hydrogen) atoms. The van der Waals surface area contributed by atoms with Gasteiger partial charge in [0.2, 0.25) is 0 Å². The van der Waals surface area contributed by atoms with Gasteiger partial charge in [-0.2, -0.15) is 4.99 Å². The summed E-state index contributed by atoms with van der Waals surface area (Å²) in [6.07, 6.45) is 10.2. The summed E-state index contributed by atoms with van der Waals surface area (Å²) in [5.41, 5.74) is 1.93. The number of dihydropyridines is 1. The Bertz CT molecular complexity index is 887. The van der Waals surface area contributed by atoms with Crippen LogP contribution in [0, 0.1) is 11.7 Å². The number of hydrogen-bond donors (Lipinski definition) is 2. The van der Waals surface area contributed by atoms with E-state index in [1.165, 1.54) is 23.9 Å². The summed E-state index contributed by atoms with van der Waals surface area (Å²) in [7, 11) is 0. The van der Waals surface area contributed by atoms with E-state index < -0.39 is 0 Å². The van der Waals surface area contributed by atoms with Crippen LogP contribution in [0.25, 0.3) is 0 Å². The molecule has 3 aliphatic rings. The van der Waals surface area contributed by atoms with Gasteiger partial charge >= 0.3 is 0 Å². The predicted octanol–water partition coefficient (Wildman–Crippen LogP) is 2.54. The zero-order valence-electron chi connectivity index (χ0n) is 13.9. The standard InChI is InChI=1S/C19H17FN4OS/c20-14-4-1-3-12(9-14)6-8-22-19-24-18(25)16(26-19)10-13-11-23-17-15(13)5-2-7-21-17/h1-5,7,9-11,15,17,23H,6,8H2,(H,22,24,25)/b16-10-. The van der Waals surface area contributed by atoms with E-state index in [-0.39, 0.29) is 23.8 Å². The highest BCUT2D eigenvalue weighted by Crippen LogP contribution is 2.32. The Labute approximate surface area is 154 Å². The minimum Gasteiger partial charge on any atom is -0.369 e. The van der Waals surface area contributed by atoms with Crippen LogP contribution in [0.4, 0.5) is 4.39 Å². The van der Waals surface area contributed by atoms with Crippen LogP contribution >= 0.6 is 11.8 Å². The highest BCUT2D eigenvalue weighted by Gasteiger charge is 2.29. The summed E-state index contributed by atoms with van der Waals surface area (Å²) in [5, 5.41) is 6.93. The number of rotatable bonds is 4. The summed E-state index contributed by atoms with van der Waals surface area (Å²) in [4.78, 5) is 21.2. The van der Waals surface area contributed by atoms with Crippen LogP contribution in [0.15, 0.2) is 69.2 Å². The number of allylic oxidation sites excluding steroid dienone is 2. The van der Waals surface area contributed by atoms with Gasteiger partial charge in [0.1, 0.15) is 12.0 Å². The number of hydrogen-bond acceptors (Lipinski definition) is 5. The first-order valence-electron chi connectivity index (χ1n) is 8.36. The number of nitrogens with zero attached hydrogens (tertiary/aromatic N) is 2. The van der Waals surface area contributed by atoms with Crippen LogP contribution in [0.3, 0.4) is 0 Å². The molecule has 0 radical (unpaired) electrons. The van der Waals surface area contributed by atoms with E-state index in [1.54, 1.807) is 12.3 Å². The van der Waals surface area contributed by atoms with Crippen LogP contribution < -0.4 is 10.6 Å². The quantitative estimate of drug-likeness (QED) is 0.802. The maximum atomic E-state index is 13.2. The van der Waals surface area contributed by atoms with E-state index in [2.05, 4.69) is 26.7 Å². The highest BCUT2D eigenvalue weighted by atomic mass is 32.2. The van der Waals surface area contributed by atoms with E-state index >= 15 is 0 Å². The molecule has 7 heteroatoms. The van der Waals surface area contributed by atoms with Crippen molar-refractivity contribution >= 4 is 29.1 Å². The van der Waals surface area contributed by atoms with Gasteiger partial charge in [-0.3, -0.25) is 9.79 Å². The molecule has 2 unspecified atom stereocenters.